The summed E-state index contributed by atoms with van der Waals surface area (Å²) in [6, 6.07) is 15.6. The van der Waals surface area contributed by atoms with Gasteiger partial charge >= 0.3 is 0 Å². The fourth-order valence-electron chi connectivity index (χ4n) is 2.48. The van der Waals surface area contributed by atoms with E-state index in [4.69, 9.17) is 10.2 Å². The SMILES string of the molecule is N#CC1=C(SCC(N)=O)NC(c2ccccc2)=CC1c1ccco1. The molecule has 3 N–H and O–H groups in total. The summed E-state index contributed by atoms with van der Waals surface area (Å²) in [5.41, 5.74) is 7.61. The second kappa shape index (κ2) is 7.11. The molecule has 0 fully saturated rings. The first-order valence-electron chi connectivity index (χ1n) is 7.32. The van der Waals surface area contributed by atoms with Crippen LogP contribution in [-0.4, -0.2) is 11.7 Å². The lowest BCUT2D eigenvalue weighted by atomic mass is 9.93. The normalized spacial score (nSPS) is 17.0. The largest absolute Gasteiger partial charge is 0.468 e. The monoisotopic (exact) mass is 337 g/mol. The van der Waals surface area contributed by atoms with Gasteiger partial charge in [-0.1, -0.05) is 42.1 Å². The van der Waals surface area contributed by atoms with Gasteiger partial charge in [0.05, 0.1) is 34.6 Å². The summed E-state index contributed by atoms with van der Waals surface area (Å²) in [6.45, 7) is 0. The average Bonchev–Trinajstić information content (AvgIpc) is 3.14. The molecular formula is C18H15N3O2S. The first kappa shape index (κ1) is 16.0. The molecule has 2 aromatic rings. The number of thioether (sulfide) groups is 1. The Hall–Kier alpha value is -2.91. The number of nitrogens with zero attached hydrogens (tertiary/aromatic N) is 1. The molecule has 24 heavy (non-hydrogen) atoms. The van der Waals surface area contributed by atoms with Crippen LogP contribution in [0.1, 0.15) is 17.2 Å². The zero-order valence-electron chi connectivity index (χ0n) is 12.7. The van der Waals surface area contributed by atoms with E-state index >= 15 is 0 Å². The molecule has 6 heteroatoms. The van der Waals surface area contributed by atoms with Gasteiger partial charge < -0.3 is 15.5 Å². The third-order valence-corrected chi connectivity index (χ3v) is 4.59. The molecule has 1 amide bonds. The molecule has 120 valence electrons. The molecule has 1 unspecified atom stereocenters. The summed E-state index contributed by atoms with van der Waals surface area (Å²) in [6.07, 6.45) is 3.54. The third-order valence-electron chi connectivity index (χ3n) is 3.55. The number of carbonyl (C=O) groups excluding carboxylic acids is 1. The van der Waals surface area contributed by atoms with E-state index in [0.29, 0.717) is 16.4 Å². The highest BCUT2D eigenvalue weighted by Gasteiger charge is 2.27. The number of amides is 1. The van der Waals surface area contributed by atoms with Gasteiger partial charge in [-0.25, -0.2) is 0 Å². The molecule has 0 bridgehead atoms. The summed E-state index contributed by atoms with van der Waals surface area (Å²) in [5, 5.41) is 13.5. The lowest BCUT2D eigenvalue weighted by Gasteiger charge is -2.24. The number of nitrogens with two attached hydrogens (primary N) is 1. The van der Waals surface area contributed by atoms with Crippen molar-refractivity contribution < 1.29 is 9.21 Å². The molecule has 1 aliphatic rings. The van der Waals surface area contributed by atoms with Crippen molar-refractivity contribution in [2.75, 3.05) is 5.75 Å². The Bertz CT molecular complexity index is 833. The minimum atomic E-state index is -0.433. The van der Waals surface area contributed by atoms with Crippen LogP contribution in [0.4, 0.5) is 0 Å². The molecule has 3 rings (SSSR count). The molecule has 2 heterocycles. The van der Waals surface area contributed by atoms with Crippen molar-refractivity contribution in [1.29, 1.82) is 5.26 Å². The highest BCUT2D eigenvalue weighted by Crippen LogP contribution is 2.37. The van der Waals surface area contributed by atoms with Gasteiger partial charge in [-0.2, -0.15) is 5.26 Å². The lowest BCUT2D eigenvalue weighted by Crippen LogP contribution is -2.22. The number of nitriles is 1. The molecular weight excluding hydrogens is 322 g/mol. The van der Waals surface area contributed by atoms with Crippen LogP contribution in [-0.2, 0) is 4.79 Å². The number of hydrogen-bond acceptors (Lipinski definition) is 5. The van der Waals surface area contributed by atoms with Crippen LogP contribution in [0, 0.1) is 11.3 Å². The van der Waals surface area contributed by atoms with Crippen molar-refractivity contribution in [2.24, 2.45) is 5.73 Å². The number of benzene rings is 1. The Morgan fingerprint density at radius 2 is 2.08 bits per heavy atom. The maximum Gasteiger partial charge on any atom is 0.227 e. The summed E-state index contributed by atoms with van der Waals surface area (Å²) < 4.78 is 5.50. The minimum Gasteiger partial charge on any atom is -0.468 e. The second-order valence-corrected chi connectivity index (χ2v) is 6.16. The van der Waals surface area contributed by atoms with Crippen LogP contribution < -0.4 is 11.1 Å². The Balaban J connectivity index is 2.03. The number of dihydropyridines is 1. The molecule has 1 aromatic carbocycles. The topological polar surface area (TPSA) is 92.0 Å². The fourth-order valence-corrected chi connectivity index (χ4v) is 3.28. The van der Waals surface area contributed by atoms with E-state index in [1.54, 1.807) is 12.3 Å². The van der Waals surface area contributed by atoms with Gasteiger partial charge in [0.25, 0.3) is 0 Å². The van der Waals surface area contributed by atoms with Gasteiger partial charge in [-0.05, 0) is 23.8 Å². The van der Waals surface area contributed by atoms with Crippen molar-refractivity contribution in [2.45, 2.75) is 5.92 Å². The molecule has 0 aliphatic carbocycles. The van der Waals surface area contributed by atoms with E-state index in [-0.39, 0.29) is 11.7 Å². The van der Waals surface area contributed by atoms with E-state index < -0.39 is 5.91 Å². The molecule has 0 saturated heterocycles. The predicted molar refractivity (Wildman–Crippen MR) is 93.3 cm³/mol. The molecule has 1 aromatic heterocycles. The number of primary amides is 1. The fraction of sp³-hybridized carbons (Fsp3) is 0.111. The Labute approximate surface area is 143 Å². The van der Waals surface area contributed by atoms with Crippen LogP contribution >= 0.6 is 11.8 Å². The Morgan fingerprint density at radius 1 is 1.29 bits per heavy atom. The van der Waals surface area contributed by atoms with Crippen molar-refractivity contribution >= 4 is 23.4 Å². The minimum absolute atomic E-state index is 0.0977. The molecule has 0 spiro atoms. The first-order valence-corrected chi connectivity index (χ1v) is 8.30. The van der Waals surface area contributed by atoms with Gasteiger partial charge in [-0.15, -0.1) is 0 Å². The Morgan fingerprint density at radius 3 is 2.71 bits per heavy atom. The van der Waals surface area contributed by atoms with Crippen LogP contribution in [0.25, 0.3) is 5.70 Å². The van der Waals surface area contributed by atoms with Crippen LogP contribution in [0.5, 0.6) is 0 Å². The standard InChI is InChI=1S/C18H15N3O2S/c19-10-14-13(16-7-4-8-23-16)9-15(12-5-2-1-3-6-12)21-18(14)24-11-17(20)22/h1-9,13,21H,11H2,(H2,20,22). The zero-order chi connectivity index (χ0) is 16.9. The molecule has 1 atom stereocenters. The maximum atomic E-state index is 11.1. The van der Waals surface area contributed by atoms with E-state index in [0.717, 1.165) is 11.3 Å². The summed E-state index contributed by atoms with van der Waals surface area (Å²) in [7, 11) is 0. The number of furan rings is 1. The Kier molecular flexibility index (Phi) is 4.73. The van der Waals surface area contributed by atoms with E-state index in [2.05, 4.69) is 11.4 Å². The van der Waals surface area contributed by atoms with Crippen LogP contribution in [0.15, 0.2) is 69.8 Å². The van der Waals surface area contributed by atoms with Gasteiger partial charge in [-0.3, -0.25) is 4.79 Å². The number of nitrogens with one attached hydrogen (secondary N) is 1. The first-order chi connectivity index (χ1) is 11.7. The maximum absolute atomic E-state index is 11.1. The summed E-state index contributed by atoms with van der Waals surface area (Å²) >= 11 is 1.23. The number of allylic oxidation sites excluding steroid dienone is 2. The van der Waals surface area contributed by atoms with Gasteiger partial charge in [0.1, 0.15) is 5.76 Å². The van der Waals surface area contributed by atoms with E-state index in [1.165, 1.54) is 11.8 Å². The highest BCUT2D eigenvalue weighted by molar-refractivity contribution is 8.03. The van der Waals surface area contributed by atoms with Crippen LogP contribution in [0.3, 0.4) is 0 Å². The smallest absolute Gasteiger partial charge is 0.227 e. The van der Waals surface area contributed by atoms with Gasteiger partial charge in [0, 0.05) is 5.70 Å². The second-order valence-electron chi connectivity index (χ2n) is 5.17. The lowest BCUT2D eigenvalue weighted by molar-refractivity contribution is -0.115. The zero-order valence-corrected chi connectivity index (χ0v) is 13.5. The highest BCUT2D eigenvalue weighted by atomic mass is 32.2. The predicted octanol–water partition coefficient (Wildman–Crippen LogP) is 2.96. The van der Waals surface area contributed by atoms with Gasteiger partial charge in [0.15, 0.2) is 0 Å². The summed E-state index contributed by atoms with van der Waals surface area (Å²) in [4.78, 5) is 11.1. The van der Waals surface area contributed by atoms with Crippen molar-refractivity contribution in [3.63, 3.8) is 0 Å². The quantitative estimate of drug-likeness (QED) is 0.875. The van der Waals surface area contributed by atoms with Crippen molar-refractivity contribution in [1.82, 2.24) is 5.32 Å². The molecule has 1 aliphatic heterocycles. The van der Waals surface area contributed by atoms with Crippen molar-refractivity contribution in [3.05, 3.63) is 76.7 Å². The number of rotatable bonds is 5. The summed E-state index contributed by atoms with van der Waals surface area (Å²) in [5.74, 6) is 0.0351. The third kappa shape index (κ3) is 3.36. The average molecular weight is 337 g/mol. The van der Waals surface area contributed by atoms with E-state index in [1.807, 2.05) is 42.5 Å². The van der Waals surface area contributed by atoms with Crippen molar-refractivity contribution in [3.8, 4) is 6.07 Å². The molecule has 0 radical (unpaired) electrons. The number of carbonyl (C=O) groups is 1. The number of hydrogen-bond donors (Lipinski definition) is 2. The molecule has 0 saturated carbocycles. The van der Waals surface area contributed by atoms with E-state index in [9.17, 15) is 10.1 Å². The van der Waals surface area contributed by atoms with Gasteiger partial charge in [0.2, 0.25) is 5.91 Å². The van der Waals surface area contributed by atoms with Crippen LogP contribution in [0.2, 0.25) is 0 Å². The molecule has 5 nitrogen and oxygen atoms in total.